The fraction of sp³-hybridized carbons (Fsp3) is 0.571. The molecule has 20 heavy (non-hydrogen) atoms. The van der Waals surface area contributed by atoms with Gasteiger partial charge in [0.25, 0.3) is 0 Å². The normalized spacial score (nSPS) is 21.3. The number of rotatable bonds is 5. The van der Waals surface area contributed by atoms with Crippen molar-refractivity contribution in [3.63, 3.8) is 0 Å². The highest BCUT2D eigenvalue weighted by atomic mass is 32.2. The zero-order valence-electron chi connectivity index (χ0n) is 12.0. The number of ether oxygens (including phenoxy) is 1. The molecule has 112 valence electrons. The molecule has 1 aromatic carbocycles. The van der Waals surface area contributed by atoms with Gasteiger partial charge >= 0.3 is 0 Å². The Bertz CT molecular complexity index is 551. The molecule has 0 spiro atoms. The Morgan fingerprint density at radius 3 is 2.85 bits per heavy atom. The molecule has 0 bridgehead atoms. The van der Waals surface area contributed by atoms with Crippen molar-refractivity contribution in [2.45, 2.75) is 36.8 Å². The van der Waals surface area contributed by atoms with E-state index in [0.717, 1.165) is 25.0 Å². The summed E-state index contributed by atoms with van der Waals surface area (Å²) in [6.07, 6.45) is 1.92. The average molecular weight is 298 g/mol. The van der Waals surface area contributed by atoms with Crippen LogP contribution in [0, 0.1) is 0 Å². The van der Waals surface area contributed by atoms with Gasteiger partial charge in [0.1, 0.15) is 0 Å². The second-order valence-corrected chi connectivity index (χ2v) is 7.33. The largest absolute Gasteiger partial charge is 0.377 e. The van der Waals surface area contributed by atoms with Crippen molar-refractivity contribution < 1.29 is 13.2 Å². The third-order valence-corrected chi connectivity index (χ3v) is 5.40. The van der Waals surface area contributed by atoms with E-state index in [1.807, 2.05) is 13.0 Å². The van der Waals surface area contributed by atoms with Gasteiger partial charge in [-0.3, -0.25) is 0 Å². The summed E-state index contributed by atoms with van der Waals surface area (Å²) in [5.41, 5.74) is 6.62. The zero-order valence-corrected chi connectivity index (χ0v) is 12.8. The van der Waals surface area contributed by atoms with Gasteiger partial charge in [0.2, 0.25) is 10.0 Å². The number of benzene rings is 1. The highest BCUT2D eigenvalue weighted by molar-refractivity contribution is 7.89. The van der Waals surface area contributed by atoms with E-state index in [4.69, 9.17) is 10.5 Å². The lowest BCUT2D eigenvalue weighted by Gasteiger charge is -2.21. The Hall–Kier alpha value is -0.950. The van der Waals surface area contributed by atoms with Crippen LogP contribution in [-0.2, 0) is 14.8 Å². The molecule has 0 aromatic heterocycles. The Labute approximate surface area is 120 Å². The fourth-order valence-electron chi connectivity index (χ4n) is 2.31. The predicted octanol–water partition coefficient (Wildman–Crippen LogP) is 1.51. The average Bonchev–Trinajstić information content (AvgIpc) is 2.91. The molecule has 5 nitrogen and oxygen atoms in total. The molecule has 2 N–H and O–H groups in total. The maximum absolute atomic E-state index is 12.5. The van der Waals surface area contributed by atoms with Crippen LogP contribution in [-0.4, -0.2) is 39.0 Å². The molecular formula is C14H22N2O3S. The van der Waals surface area contributed by atoms with Crippen LogP contribution in [0.1, 0.15) is 31.4 Å². The van der Waals surface area contributed by atoms with E-state index in [9.17, 15) is 8.42 Å². The molecule has 6 heteroatoms. The molecule has 1 aliphatic rings. The number of hydrogen-bond donors (Lipinski definition) is 1. The van der Waals surface area contributed by atoms with Crippen LogP contribution in [0.3, 0.4) is 0 Å². The van der Waals surface area contributed by atoms with Crippen molar-refractivity contribution >= 4 is 10.0 Å². The van der Waals surface area contributed by atoms with Crippen LogP contribution >= 0.6 is 0 Å². The quantitative estimate of drug-likeness (QED) is 0.894. The molecule has 0 radical (unpaired) electrons. The van der Waals surface area contributed by atoms with Gasteiger partial charge in [-0.05, 0) is 37.5 Å². The second-order valence-electron chi connectivity index (χ2n) is 5.28. The van der Waals surface area contributed by atoms with Crippen molar-refractivity contribution in [1.82, 2.24) is 4.31 Å². The Morgan fingerprint density at radius 2 is 2.25 bits per heavy atom. The smallest absolute Gasteiger partial charge is 0.242 e. The van der Waals surface area contributed by atoms with Crippen molar-refractivity contribution in [1.29, 1.82) is 0 Å². The Morgan fingerprint density at radius 1 is 1.50 bits per heavy atom. The van der Waals surface area contributed by atoms with E-state index in [1.165, 1.54) is 4.31 Å². The molecule has 1 heterocycles. The van der Waals surface area contributed by atoms with E-state index in [1.54, 1.807) is 25.2 Å². The van der Waals surface area contributed by atoms with Crippen molar-refractivity contribution in [2.24, 2.45) is 5.73 Å². The number of likely N-dealkylation sites (N-methyl/N-ethyl adjacent to an activating group) is 1. The first-order chi connectivity index (χ1) is 9.41. The molecular weight excluding hydrogens is 276 g/mol. The van der Waals surface area contributed by atoms with Crippen molar-refractivity contribution in [3.05, 3.63) is 29.8 Å². The molecule has 0 amide bonds. The second kappa shape index (κ2) is 6.22. The SMILES string of the molecule is CC(N)c1cccc(S(=O)(=O)N(C)CC2CCCO2)c1. The van der Waals surface area contributed by atoms with E-state index >= 15 is 0 Å². The fourth-order valence-corrected chi connectivity index (χ4v) is 3.57. The number of hydrogen-bond acceptors (Lipinski definition) is 4. The minimum absolute atomic E-state index is 0.00592. The Kier molecular flexibility index (Phi) is 4.80. The van der Waals surface area contributed by atoms with E-state index in [0.29, 0.717) is 6.54 Å². The van der Waals surface area contributed by atoms with E-state index in [2.05, 4.69) is 0 Å². The van der Waals surface area contributed by atoms with Crippen molar-refractivity contribution in [2.75, 3.05) is 20.2 Å². The van der Waals surface area contributed by atoms with Gasteiger partial charge in [-0.15, -0.1) is 0 Å². The summed E-state index contributed by atoms with van der Waals surface area (Å²) in [6, 6.07) is 6.63. The maximum Gasteiger partial charge on any atom is 0.242 e. The summed E-state index contributed by atoms with van der Waals surface area (Å²) in [5.74, 6) is 0. The van der Waals surface area contributed by atoms with Crippen LogP contribution in [0.2, 0.25) is 0 Å². The summed E-state index contributed by atoms with van der Waals surface area (Å²) in [5, 5.41) is 0. The van der Waals surface area contributed by atoms with E-state index in [-0.39, 0.29) is 17.0 Å². The van der Waals surface area contributed by atoms with Gasteiger partial charge in [0.05, 0.1) is 11.0 Å². The number of nitrogens with two attached hydrogens (primary N) is 1. The van der Waals surface area contributed by atoms with Gasteiger partial charge in [-0.2, -0.15) is 4.31 Å². The van der Waals surface area contributed by atoms with Crippen LogP contribution in [0.5, 0.6) is 0 Å². The lowest BCUT2D eigenvalue weighted by atomic mass is 10.1. The summed E-state index contributed by atoms with van der Waals surface area (Å²) in [4.78, 5) is 0.285. The molecule has 1 fully saturated rings. The molecule has 1 aromatic rings. The lowest BCUT2D eigenvalue weighted by molar-refractivity contribution is 0.0979. The highest BCUT2D eigenvalue weighted by Crippen LogP contribution is 2.21. The molecule has 1 saturated heterocycles. The Balaban J connectivity index is 2.18. The summed E-state index contributed by atoms with van der Waals surface area (Å²) >= 11 is 0. The van der Waals surface area contributed by atoms with Crippen LogP contribution in [0.15, 0.2) is 29.2 Å². The third-order valence-electron chi connectivity index (χ3n) is 3.58. The van der Waals surface area contributed by atoms with Gasteiger partial charge in [-0.25, -0.2) is 8.42 Å². The molecule has 2 rings (SSSR count). The first kappa shape index (κ1) is 15.4. The van der Waals surface area contributed by atoms with Crippen LogP contribution < -0.4 is 5.73 Å². The number of sulfonamides is 1. The zero-order chi connectivity index (χ0) is 14.8. The lowest BCUT2D eigenvalue weighted by Crippen LogP contribution is -2.34. The first-order valence-corrected chi connectivity index (χ1v) is 8.29. The standard InChI is InChI=1S/C14H22N2O3S/c1-11(15)12-5-3-7-14(9-12)20(17,18)16(2)10-13-6-4-8-19-13/h3,5,7,9,11,13H,4,6,8,10,15H2,1-2H3. The minimum Gasteiger partial charge on any atom is -0.377 e. The molecule has 2 unspecified atom stereocenters. The highest BCUT2D eigenvalue weighted by Gasteiger charge is 2.26. The van der Waals surface area contributed by atoms with Crippen LogP contribution in [0.25, 0.3) is 0 Å². The van der Waals surface area contributed by atoms with Crippen molar-refractivity contribution in [3.8, 4) is 0 Å². The van der Waals surface area contributed by atoms with Gasteiger partial charge in [0.15, 0.2) is 0 Å². The number of nitrogens with zero attached hydrogens (tertiary/aromatic N) is 1. The van der Waals surface area contributed by atoms with Gasteiger partial charge in [0, 0.05) is 26.2 Å². The first-order valence-electron chi connectivity index (χ1n) is 6.85. The molecule has 0 aliphatic carbocycles. The maximum atomic E-state index is 12.5. The van der Waals surface area contributed by atoms with Crippen LogP contribution in [0.4, 0.5) is 0 Å². The van der Waals surface area contributed by atoms with Gasteiger partial charge < -0.3 is 10.5 Å². The topological polar surface area (TPSA) is 72.6 Å². The summed E-state index contributed by atoms with van der Waals surface area (Å²) in [7, 11) is -1.89. The summed E-state index contributed by atoms with van der Waals surface area (Å²) < 4.78 is 31.9. The molecule has 1 aliphatic heterocycles. The predicted molar refractivity (Wildman–Crippen MR) is 77.8 cm³/mol. The minimum atomic E-state index is -3.48. The monoisotopic (exact) mass is 298 g/mol. The van der Waals surface area contributed by atoms with Gasteiger partial charge in [-0.1, -0.05) is 12.1 Å². The summed E-state index contributed by atoms with van der Waals surface area (Å²) in [6.45, 7) is 2.95. The third kappa shape index (κ3) is 3.38. The molecule has 2 atom stereocenters. The van der Waals surface area contributed by atoms with E-state index < -0.39 is 10.0 Å². The molecule has 0 saturated carbocycles.